The summed E-state index contributed by atoms with van der Waals surface area (Å²) in [6.07, 6.45) is 2.28. The van der Waals surface area contributed by atoms with Gasteiger partial charge in [-0.3, -0.25) is 9.79 Å². The van der Waals surface area contributed by atoms with Crippen molar-refractivity contribution in [2.45, 2.75) is 13.3 Å². The molecule has 0 aromatic rings. The molecule has 0 radical (unpaired) electrons. The average molecular weight is 138 g/mol. The molecular weight excluding hydrogens is 128 g/mol. The monoisotopic (exact) mass is 138 g/mol. The van der Waals surface area contributed by atoms with E-state index in [1.54, 1.807) is 7.05 Å². The highest BCUT2D eigenvalue weighted by atomic mass is 16.1. The van der Waals surface area contributed by atoms with Crippen LogP contribution in [0.2, 0.25) is 0 Å². The number of hydrogen-bond acceptors (Lipinski definition) is 2. The molecule has 1 fully saturated rings. The van der Waals surface area contributed by atoms with E-state index >= 15 is 0 Å². The number of nitrogens with one attached hydrogen (secondary N) is 1. The minimum atomic E-state index is 0.0358. The first-order valence-corrected chi connectivity index (χ1v) is 3.20. The van der Waals surface area contributed by atoms with Gasteiger partial charge in [-0.25, -0.2) is 0 Å². The molecule has 3 nitrogen and oxygen atoms in total. The Morgan fingerprint density at radius 3 is 2.80 bits per heavy atom. The fourth-order valence-electron chi connectivity index (χ4n) is 0.952. The van der Waals surface area contributed by atoms with Crippen LogP contribution in [0, 0.1) is 0 Å². The fourth-order valence-corrected chi connectivity index (χ4v) is 0.952. The van der Waals surface area contributed by atoms with Crippen molar-refractivity contribution in [1.29, 1.82) is 0 Å². The van der Waals surface area contributed by atoms with Crippen LogP contribution >= 0.6 is 0 Å². The molecule has 0 spiro atoms. The van der Waals surface area contributed by atoms with Gasteiger partial charge in [0.1, 0.15) is 0 Å². The fraction of sp³-hybridized carbons (Fsp3) is 0.429. The lowest BCUT2D eigenvalue weighted by Crippen LogP contribution is -2.11. The van der Waals surface area contributed by atoms with Crippen LogP contribution < -0.4 is 5.32 Å². The van der Waals surface area contributed by atoms with E-state index in [-0.39, 0.29) is 5.91 Å². The average Bonchev–Trinajstić information content (AvgIpc) is 2.30. The van der Waals surface area contributed by atoms with Gasteiger partial charge in [-0.2, -0.15) is 0 Å². The van der Waals surface area contributed by atoms with Gasteiger partial charge in [-0.1, -0.05) is 6.08 Å². The quantitative estimate of drug-likeness (QED) is 0.519. The highest BCUT2D eigenvalue weighted by Gasteiger charge is 2.19. The molecule has 10 heavy (non-hydrogen) atoms. The smallest absolute Gasteiger partial charge is 0.230 e. The molecular formula is C7H10N2O. The second-order valence-electron chi connectivity index (χ2n) is 2.10. The summed E-state index contributed by atoms with van der Waals surface area (Å²) in [6, 6.07) is 0. The van der Waals surface area contributed by atoms with Gasteiger partial charge in [0.15, 0.2) is 0 Å². The number of carbonyl (C=O) groups is 1. The Morgan fingerprint density at radius 2 is 2.40 bits per heavy atom. The minimum Gasteiger partial charge on any atom is -0.324 e. The number of rotatable bonds is 0. The number of nitrogens with zero attached hydrogens (tertiary/aromatic N) is 1. The van der Waals surface area contributed by atoms with Crippen LogP contribution in [0.1, 0.15) is 13.3 Å². The van der Waals surface area contributed by atoms with Crippen molar-refractivity contribution in [1.82, 2.24) is 5.32 Å². The summed E-state index contributed by atoms with van der Waals surface area (Å²) >= 11 is 0. The first-order chi connectivity index (χ1) is 4.77. The predicted octanol–water partition coefficient (Wildman–Crippen LogP) is 0.481. The largest absolute Gasteiger partial charge is 0.324 e. The van der Waals surface area contributed by atoms with Crippen molar-refractivity contribution < 1.29 is 4.79 Å². The third-order valence-corrected chi connectivity index (χ3v) is 1.47. The van der Waals surface area contributed by atoms with Gasteiger partial charge in [-0.15, -0.1) is 0 Å². The Labute approximate surface area is 59.8 Å². The molecule has 54 valence electrons. The molecule has 0 aromatic carbocycles. The molecule has 1 aliphatic heterocycles. The molecule has 1 N–H and O–H groups in total. The van der Waals surface area contributed by atoms with Crippen molar-refractivity contribution in [3.8, 4) is 0 Å². The zero-order valence-electron chi connectivity index (χ0n) is 6.14. The van der Waals surface area contributed by atoms with Gasteiger partial charge < -0.3 is 5.32 Å². The van der Waals surface area contributed by atoms with E-state index in [4.69, 9.17) is 0 Å². The Bertz CT molecular complexity index is 194. The molecule has 0 aromatic heterocycles. The van der Waals surface area contributed by atoms with Crippen LogP contribution in [0.3, 0.4) is 0 Å². The Morgan fingerprint density at radius 1 is 1.70 bits per heavy atom. The van der Waals surface area contributed by atoms with Crippen LogP contribution in [-0.4, -0.2) is 18.7 Å². The van der Waals surface area contributed by atoms with Crippen LogP contribution in [-0.2, 0) is 4.79 Å². The number of amides is 1. The number of carbonyl (C=O) groups excluding carboxylic acids is 1. The van der Waals surface area contributed by atoms with Gasteiger partial charge in [0, 0.05) is 7.05 Å². The van der Waals surface area contributed by atoms with E-state index in [2.05, 4.69) is 10.3 Å². The Balaban J connectivity index is 2.87. The zero-order valence-corrected chi connectivity index (χ0v) is 6.14. The van der Waals surface area contributed by atoms with Gasteiger partial charge in [-0.05, 0) is 6.92 Å². The molecule has 0 atom stereocenters. The normalized spacial score (nSPS) is 26.0. The minimum absolute atomic E-state index is 0.0358. The summed E-state index contributed by atoms with van der Waals surface area (Å²) in [5.41, 5.74) is 1.71. The summed E-state index contributed by atoms with van der Waals surface area (Å²) < 4.78 is 0. The van der Waals surface area contributed by atoms with Crippen molar-refractivity contribution in [2.75, 3.05) is 7.05 Å². The number of aliphatic imine (C=N–C) groups is 1. The second-order valence-corrected chi connectivity index (χ2v) is 2.10. The first-order valence-electron chi connectivity index (χ1n) is 3.20. The van der Waals surface area contributed by atoms with E-state index in [0.717, 1.165) is 11.4 Å². The van der Waals surface area contributed by atoms with Crippen LogP contribution in [0.25, 0.3) is 0 Å². The Hall–Kier alpha value is -1.12. The standard InChI is InChI=1S/C7H10N2O/c1-3-5-6(8-2)4-7(10)9-5/h3H,4H2,1-2H3,(H,9,10). The third kappa shape index (κ3) is 1.07. The maximum atomic E-state index is 10.7. The maximum Gasteiger partial charge on any atom is 0.230 e. The van der Waals surface area contributed by atoms with Gasteiger partial charge in [0.05, 0.1) is 17.8 Å². The highest BCUT2D eigenvalue weighted by molar-refractivity contribution is 6.17. The van der Waals surface area contributed by atoms with E-state index < -0.39 is 0 Å². The molecule has 1 rings (SSSR count). The zero-order chi connectivity index (χ0) is 7.56. The first kappa shape index (κ1) is 6.99. The van der Waals surface area contributed by atoms with Crippen LogP contribution in [0.5, 0.6) is 0 Å². The topological polar surface area (TPSA) is 41.5 Å². The second kappa shape index (κ2) is 2.64. The van der Waals surface area contributed by atoms with Crippen molar-refractivity contribution >= 4 is 11.6 Å². The maximum absolute atomic E-state index is 10.7. The summed E-state index contributed by atoms with van der Waals surface area (Å²) in [5.74, 6) is 0.0358. The van der Waals surface area contributed by atoms with Gasteiger partial charge in [0.25, 0.3) is 0 Å². The number of hydrogen-bond donors (Lipinski definition) is 1. The molecule has 0 aliphatic carbocycles. The van der Waals surface area contributed by atoms with Crippen LogP contribution in [0.4, 0.5) is 0 Å². The summed E-state index contributed by atoms with van der Waals surface area (Å²) in [5, 5.41) is 2.70. The van der Waals surface area contributed by atoms with E-state index in [1.807, 2.05) is 13.0 Å². The van der Waals surface area contributed by atoms with E-state index in [9.17, 15) is 4.79 Å². The third-order valence-electron chi connectivity index (χ3n) is 1.47. The van der Waals surface area contributed by atoms with E-state index in [0.29, 0.717) is 6.42 Å². The lowest BCUT2D eigenvalue weighted by Gasteiger charge is -1.93. The van der Waals surface area contributed by atoms with Crippen molar-refractivity contribution in [3.05, 3.63) is 11.8 Å². The molecule has 3 heteroatoms. The summed E-state index contributed by atoms with van der Waals surface area (Å²) in [6.45, 7) is 1.88. The Kier molecular flexibility index (Phi) is 1.85. The summed E-state index contributed by atoms with van der Waals surface area (Å²) in [4.78, 5) is 14.7. The molecule has 1 heterocycles. The number of allylic oxidation sites excluding steroid dienone is 2. The van der Waals surface area contributed by atoms with Crippen molar-refractivity contribution in [3.63, 3.8) is 0 Å². The molecule has 0 bridgehead atoms. The molecule has 0 unspecified atom stereocenters. The van der Waals surface area contributed by atoms with E-state index in [1.165, 1.54) is 0 Å². The highest BCUT2D eigenvalue weighted by Crippen LogP contribution is 2.06. The lowest BCUT2D eigenvalue weighted by atomic mass is 10.2. The molecule has 1 aliphatic rings. The summed E-state index contributed by atoms with van der Waals surface area (Å²) in [7, 11) is 1.69. The molecule has 1 saturated heterocycles. The molecule has 1 amide bonds. The molecule has 0 saturated carbocycles. The van der Waals surface area contributed by atoms with Crippen molar-refractivity contribution in [2.24, 2.45) is 4.99 Å². The predicted molar refractivity (Wildman–Crippen MR) is 39.9 cm³/mol. The van der Waals surface area contributed by atoms with Gasteiger partial charge in [0.2, 0.25) is 5.91 Å². The van der Waals surface area contributed by atoms with Crippen LogP contribution in [0.15, 0.2) is 16.8 Å². The lowest BCUT2D eigenvalue weighted by molar-refractivity contribution is -0.118. The SMILES string of the molecule is CC=C1NC(=O)CC1=NC. The van der Waals surface area contributed by atoms with Gasteiger partial charge >= 0.3 is 0 Å².